The third-order valence-electron chi connectivity index (χ3n) is 3.04. The van der Waals surface area contributed by atoms with Crippen LogP contribution in [0.1, 0.15) is 36.2 Å². The van der Waals surface area contributed by atoms with Crippen LogP contribution in [0.3, 0.4) is 0 Å². The van der Waals surface area contributed by atoms with Crippen LogP contribution in [0, 0.1) is 11.3 Å². The van der Waals surface area contributed by atoms with E-state index in [-0.39, 0.29) is 0 Å². The SMILES string of the molecule is CC(C)CC(=N)c1ccccc1OC(=O)c1ccccc1. The van der Waals surface area contributed by atoms with Crippen LogP contribution in [0.4, 0.5) is 0 Å². The monoisotopic (exact) mass is 281 g/mol. The van der Waals surface area contributed by atoms with Gasteiger partial charge in [0.25, 0.3) is 0 Å². The Bertz CT molecular complexity index is 633. The minimum absolute atomic E-state index is 0.385. The first-order valence-corrected chi connectivity index (χ1v) is 7.02. The molecule has 108 valence electrons. The molecule has 2 aromatic rings. The van der Waals surface area contributed by atoms with Crippen molar-refractivity contribution in [1.29, 1.82) is 5.41 Å². The van der Waals surface area contributed by atoms with E-state index in [4.69, 9.17) is 10.1 Å². The van der Waals surface area contributed by atoms with Crippen molar-refractivity contribution >= 4 is 11.7 Å². The van der Waals surface area contributed by atoms with Crippen LogP contribution in [0.25, 0.3) is 0 Å². The number of para-hydroxylation sites is 1. The molecule has 0 atom stereocenters. The zero-order valence-corrected chi connectivity index (χ0v) is 12.3. The molecule has 1 N–H and O–H groups in total. The molecule has 0 aromatic heterocycles. The highest BCUT2D eigenvalue weighted by atomic mass is 16.5. The van der Waals surface area contributed by atoms with Crippen molar-refractivity contribution in [2.75, 3.05) is 0 Å². The van der Waals surface area contributed by atoms with Crippen molar-refractivity contribution in [2.24, 2.45) is 5.92 Å². The molecular formula is C18H19NO2. The maximum Gasteiger partial charge on any atom is 0.343 e. The zero-order chi connectivity index (χ0) is 15.2. The number of nitrogens with one attached hydrogen (secondary N) is 1. The highest BCUT2D eigenvalue weighted by Gasteiger charge is 2.14. The molecule has 21 heavy (non-hydrogen) atoms. The predicted octanol–water partition coefficient (Wildman–Crippen LogP) is 4.32. The maximum absolute atomic E-state index is 12.1. The second-order valence-corrected chi connectivity index (χ2v) is 5.33. The summed E-state index contributed by atoms with van der Waals surface area (Å²) in [6.45, 7) is 4.13. The average molecular weight is 281 g/mol. The highest BCUT2D eigenvalue weighted by Crippen LogP contribution is 2.22. The lowest BCUT2D eigenvalue weighted by molar-refractivity contribution is 0.0734. The summed E-state index contributed by atoms with van der Waals surface area (Å²) in [5, 5.41) is 8.16. The largest absolute Gasteiger partial charge is 0.422 e. The molecule has 0 unspecified atom stereocenters. The second kappa shape index (κ2) is 6.84. The first-order chi connectivity index (χ1) is 10.1. The summed E-state index contributed by atoms with van der Waals surface area (Å²) in [7, 11) is 0. The van der Waals surface area contributed by atoms with Crippen LogP contribution in [0.5, 0.6) is 5.75 Å². The Morgan fingerprint density at radius 3 is 2.33 bits per heavy atom. The number of hydrogen-bond donors (Lipinski definition) is 1. The van der Waals surface area contributed by atoms with Gasteiger partial charge in [0, 0.05) is 11.3 Å². The number of hydrogen-bond acceptors (Lipinski definition) is 3. The molecule has 0 fully saturated rings. The van der Waals surface area contributed by atoms with Gasteiger partial charge in [-0.2, -0.15) is 0 Å². The van der Waals surface area contributed by atoms with E-state index in [1.165, 1.54) is 0 Å². The quantitative estimate of drug-likeness (QED) is 0.504. The number of benzene rings is 2. The Morgan fingerprint density at radius 2 is 1.67 bits per heavy atom. The molecule has 0 aliphatic heterocycles. The molecular weight excluding hydrogens is 262 g/mol. The Balaban J connectivity index is 2.21. The standard InChI is InChI=1S/C18H19NO2/c1-13(2)12-16(19)15-10-6-7-11-17(15)21-18(20)14-8-4-3-5-9-14/h3-11,13,19H,12H2,1-2H3. The lowest BCUT2D eigenvalue weighted by Crippen LogP contribution is -2.12. The van der Waals surface area contributed by atoms with Gasteiger partial charge in [0.05, 0.1) is 5.56 Å². The molecule has 3 nitrogen and oxygen atoms in total. The van der Waals surface area contributed by atoms with E-state index in [1.807, 2.05) is 18.2 Å². The highest BCUT2D eigenvalue weighted by molar-refractivity contribution is 6.02. The van der Waals surface area contributed by atoms with Crippen LogP contribution in [0.2, 0.25) is 0 Å². The molecule has 0 amide bonds. The lowest BCUT2D eigenvalue weighted by Gasteiger charge is -2.12. The van der Waals surface area contributed by atoms with Gasteiger partial charge >= 0.3 is 5.97 Å². The number of ether oxygens (including phenoxy) is 1. The van der Waals surface area contributed by atoms with E-state index in [1.54, 1.807) is 36.4 Å². The molecule has 3 heteroatoms. The minimum Gasteiger partial charge on any atom is -0.422 e. The summed E-state index contributed by atoms with van der Waals surface area (Å²) < 4.78 is 5.45. The lowest BCUT2D eigenvalue weighted by atomic mass is 10.00. The van der Waals surface area contributed by atoms with E-state index in [0.29, 0.717) is 34.9 Å². The van der Waals surface area contributed by atoms with Crippen molar-refractivity contribution < 1.29 is 9.53 Å². The Hall–Kier alpha value is -2.42. The van der Waals surface area contributed by atoms with E-state index < -0.39 is 5.97 Å². The van der Waals surface area contributed by atoms with Gasteiger partial charge in [-0.1, -0.05) is 44.2 Å². The normalized spacial score (nSPS) is 10.4. The summed E-state index contributed by atoms with van der Waals surface area (Å²) in [4.78, 5) is 12.1. The molecule has 0 heterocycles. The molecule has 2 aromatic carbocycles. The van der Waals surface area contributed by atoms with Crippen LogP contribution in [0.15, 0.2) is 54.6 Å². The predicted molar refractivity (Wildman–Crippen MR) is 84.1 cm³/mol. The number of carbonyl (C=O) groups is 1. The summed E-state index contributed by atoms with van der Waals surface area (Å²) in [6, 6.07) is 16.1. The fourth-order valence-electron chi connectivity index (χ4n) is 2.06. The average Bonchev–Trinajstić information content (AvgIpc) is 2.48. The van der Waals surface area contributed by atoms with Gasteiger partial charge in [0.2, 0.25) is 0 Å². The Labute approximate surface area is 125 Å². The van der Waals surface area contributed by atoms with Gasteiger partial charge in [-0.15, -0.1) is 0 Å². The summed E-state index contributed by atoms with van der Waals surface area (Å²) in [5.74, 6) is 0.424. The van der Waals surface area contributed by atoms with Gasteiger partial charge in [-0.05, 0) is 36.6 Å². The molecule has 0 saturated carbocycles. The van der Waals surface area contributed by atoms with Crippen molar-refractivity contribution in [2.45, 2.75) is 20.3 Å². The van der Waals surface area contributed by atoms with Crippen molar-refractivity contribution in [1.82, 2.24) is 0 Å². The number of rotatable bonds is 5. The molecule has 0 aliphatic carbocycles. The smallest absolute Gasteiger partial charge is 0.343 e. The second-order valence-electron chi connectivity index (χ2n) is 5.33. The minimum atomic E-state index is -0.402. The van der Waals surface area contributed by atoms with Crippen LogP contribution in [-0.4, -0.2) is 11.7 Å². The fourth-order valence-corrected chi connectivity index (χ4v) is 2.06. The number of esters is 1. The number of carbonyl (C=O) groups excluding carboxylic acids is 1. The summed E-state index contributed by atoms with van der Waals surface area (Å²) in [6.07, 6.45) is 0.653. The molecule has 0 bridgehead atoms. The molecule has 0 aliphatic rings. The zero-order valence-electron chi connectivity index (χ0n) is 12.3. The van der Waals surface area contributed by atoms with Crippen LogP contribution in [-0.2, 0) is 0 Å². The molecule has 0 saturated heterocycles. The van der Waals surface area contributed by atoms with Crippen molar-refractivity contribution in [3.63, 3.8) is 0 Å². The van der Waals surface area contributed by atoms with Crippen molar-refractivity contribution in [3.05, 3.63) is 65.7 Å². The van der Waals surface area contributed by atoms with E-state index in [0.717, 1.165) is 0 Å². The van der Waals surface area contributed by atoms with E-state index in [9.17, 15) is 4.79 Å². The van der Waals surface area contributed by atoms with Gasteiger partial charge in [0.15, 0.2) is 0 Å². The summed E-state index contributed by atoms with van der Waals surface area (Å²) >= 11 is 0. The Kier molecular flexibility index (Phi) is 4.88. The first-order valence-electron chi connectivity index (χ1n) is 7.02. The van der Waals surface area contributed by atoms with Gasteiger partial charge in [0.1, 0.15) is 5.75 Å². The topological polar surface area (TPSA) is 50.1 Å². The third kappa shape index (κ3) is 4.02. The van der Waals surface area contributed by atoms with Crippen LogP contribution >= 0.6 is 0 Å². The first kappa shape index (κ1) is 15.0. The Morgan fingerprint density at radius 1 is 1.05 bits per heavy atom. The van der Waals surface area contributed by atoms with Gasteiger partial charge < -0.3 is 10.1 Å². The van der Waals surface area contributed by atoms with Gasteiger partial charge in [-0.3, -0.25) is 0 Å². The molecule has 2 rings (SSSR count). The molecule has 0 spiro atoms. The fraction of sp³-hybridized carbons (Fsp3) is 0.222. The van der Waals surface area contributed by atoms with Crippen LogP contribution < -0.4 is 4.74 Å². The van der Waals surface area contributed by atoms with E-state index >= 15 is 0 Å². The van der Waals surface area contributed by atoms with Crippen molar-refractivity contribution in [3.8, 4) is 5.75 Å². The third-order valence-corrected chi connectivity index (χ3v) is 3.04. The maximum atomic E-state index is 12.1. The van der Waals surface area contributed by atoms with Gasteiger partial charge in [-0.25, -0.2) is 4.79 Å². The molecule has 0 radical (unpaired) electrons. The van der Waals surface area contributed by atoms with E-state index in [2.05, 4.69) is 13.8 Å². The summed E-state index contributed by atoms with van der Waals surface area (Å²) in [5.41, 5.74) is 1.67.